The number of ether oxygens (including phenoxy) is 1. The van der Waals surface area contributed by atoms with Crippen LogP contribution in [0.15, 0.2) is 42.6 Å². The molecule has 2 aromatic heterocycles. The molecule has 4 aromatic rings. The second kappa shape index (κ2) is 4.98. The van der Waals surface area contributed by atoms with Crippen molar-refractivity contribution < 1.29 is 22.3 Å². The van der Waals surface area contributed by atoms with Crippen LogP contribution in [0.4, 0.5) is 17.6 Å². The lowest BCUT2D eigenvalue weighted by Gasteiger charge is -2.13. The van der Waals surface area contributed by atoms with Crippen LogP contribution in [0.5, 0.6) is 5.75 Å². The van der Waals surface area contributed by atoms with Crippen LogP contribution in [0, 0.1) is 5.82 Å². The van der Waals surface area contributed by atoms with Gasteiger partial charge in [-0.15, -0.1) is 13.2 Å². The summed E-state index contributed by atoms with van der Waals surface area (Å²) in [5.41, 5.74) is 0.935. The number of hydrogen-bond acceptors (Lipinski definition) is 2. The topological polar surface area (TPSA) is 26.5 Å². The van der Waals surface area contributed by atoms with Crippen molar-refractivity contribution in [3.05, 3.63) is 53.7 Å². The molecule has 0 unspecified atom stereocenters. The number of benzene rings is 2. The molecule has 3 nitrogen and oxygen atoms in total. The molecule has 0 amide bonds. The van der Waals surface area contributed by atoms with Gasteiger partial charge < -0.3 is 4.74 Å². The molecule has 8 heteroatoms. The molecule has 24 heavy (non-hydrogen) atoms. The first-order chi connectivity index (χ1) is 11.3. The lowest BCUT2D eigenvalue weighted by atomic mass is 10.0. The van der Waals surface area contributed by atoms with Crippen molar-refractivity contribution in [1.82, 2.24) is 9.38 Å². The standard InChI is InChI=1S/C16H7ClF4N2O/c17-15-22-7-13-14-9(2-1-3-11(14)18)10-6-8(24-16(19,20)21)4-5-12(10)23(13)15/h1-7H. The summed E-state index contributed by atoms with van der Waals surface area (Å²) in [4.78, 5) is 3.97. The number of pyridine rings is 1. The van der Waals surface area contributed by atoms with Crippen LogP contribution in [0.1, 0.15) is 0 Å². The van der Waals surface area contributed by atoms with E-state index in [-0.39, 0.29) is 10.7 Å². The summed E-state index contributed by atoms with van der Waals surface area (Å²) >= 11 is 6.07. The second-order valence-corrected chi connectivity index (χ2v) is 5.48. The molecule has 0 N–H and O–H groups in total. The number of imidazole rings is 1. The van der Waals surface area contributed by atoms with E-state index >= 15 is 0 Å². The summed E-state index contributed by atoms with van der Waals surface area (Å²) in [7, 11) is 0. The van der Waals surface area contributed by atoms with Crippen molar-refractivity contribution >= 4 is 38.8 Å². The Morgan fingerprint density at radius 2 is 1.83 bits per heavy atom. The van der Waals surface area contributed by atoms with Crippen molar-refractivity contribution in [1.29, 1.82) is 0 Å². The van der Waals surface area contributed by atoms with E-state index in [1.807, 2.05) is 0 Å². The minimum Gasteiger partial charge on any atom is -0.406 e. The normalized spacial score (nSPS) is 12.4. The van der Waals surface area contributed by atoms with E-state index in [4.69, 9.17) is 11.6 Å². The van der Waals surface area contributed by atoms with E-state index in [1.54, 1.807) is 6.07 Å². The first-order valence-electron chi connectivity index (χ1n) is 6.78. The Balaban J connectivity index is 2.17. The lowest BCUT2D eigenvalue weighted by molar-refractivity contribution is -0.274. The Morgan fingerprint density at radius 3 is 2.58 bits per heavy atom. The Kier molecular flexibility index (Phi) is 3.11. The molecule has 2 aromatic carbocycles. The highest BCUT2D eigenvalue weighted by molar-refractivity contribution is 6.29. The third-order valence-corrected chi connectivity index (χ3v) is 3.99. The molecule has 2 heterocycles. The summed E-state index contributed by atoms with van der Waals surface area (Å²) < 4.78 is 57.2. The zero-order valence-corrected chi connectivity index (χ0v) is 12.5. The Bertz CT molecular complexity index is 1100. The van der Waals surface area contributed by atoms with Gasteiger partial charge in [0.1, 0.15) is 11.6 Å². The van der Waals surface area contributed by atoms with Gasteiger partial charge in [-0.2, -0.15) is 0 Å². The van der Waals surface area contributed by atoms with Crippen molar-refractivity contribution in [2.45, 2.75) is 6.36 Å². The fourth-order valence-electron chi connectivity index (χ4n) is 2.87. The molecule has 0 bridgehead atoms. The van der Waals surface area contributed by atoms with Crippen LogP contribution in [0.2, 0.25) is 5.28 Å². The number of halogens is 5. The molecule has 0 spiro atoms. The van der Waals surface area contributed by atoms with Crippen LogP contribution < -0.4 is 4.74 Å². The van der Waals surface area contributed by atoms with Crippen LogP contribution in [-0.4, -0.2) is 15.7 Å². The average Bonchev–Trinajstić information content (AvgIpc) is 2.88. The predicted octanol–water partition coefficient (Wildman–Crippen LogP) is 5.33. The fourth-order valence-corrected chi connectivity index (χ4v) is 3.10. The van der Waals surface area contributed by atoms with E-state index in [1.165, 1.54) is 40.9 Å². The Morgan fingerprint density at radius 1 is 1.04 bits per heavy atom. The number of alkyl halides is 3. The largest absolute Gasteiger partial charge is 0.573 e. The highest BCUT2D eigenvalue weighted by Gasteiger charge is 2.31. The van der Waals surface area contributed by atoms with Crippen LogP contribution in [-0.2, 0) is 0 Å². The van der Waals surface area contributed by atoms with Crippen LogP contribution in [0.25, 0.3) is 27.2 Å². The number of rotatable bonds is 1. The monoisotopic (exact) mass is 354 g/mol. The van der Waals surface area contributed by atoms with E-state index in [9.17, 15) is 17.6 Å². The third-order valence-electron chi connectivity index (χ3n) is 3.72. The number of aromatic nitrogens is 2. The van der Waals surface area contributed by atoms with E-state index in [0.29, 0.717) is 21.8 Å². The smallest absolute Gasteiger partial charge is 0.406 e. The molecule has 0 aliphatic rings. The number of nitrogens with zero attached hydrogens (tertiary/aromatic N) is 2. The van der Waals surface area contributed by atoms with E-state index in [0.717, 1.165) is 0 Å². The molecule has 0 fully saturated rings. The highest BCUT2D eigenvalue weighted by atomic mass is 35.5. The van der Waals surface area contributed by atoms with Gasteiger partial charge in [-0.05, 0) is 41.3 Å². The molecule has 0 atom stereocenters. The molecular weight excluding hydrogens is 348 g/mol. The van der Waals surface area contributed by atoms with Gasteiger partial charge in [-0.3, -0.25) is 4.40 Å². The molecule has 0 radical (unpaired) electrons. The number of hydrogen-bond donors (Lipinski definition) is 0. The van der Waals surface area contributed by atoms with Crippen LogP contribution in [0.3, 0.4) is 0 Å². The molecular formula is C16H7ClF4N2O. The Labute approximate surface area is 137 Å². The van der Waals surface area contributed by atoms with Gasteiger partial charge in [0.25, 0.3) is 0 Å². The number of fused-ring (bicyclic) bond motifs is 6. The highest BCUT2D eigenvalue weighted by Crippen LogP contribution is 2.35. The van der Waals surface area contributed by atoms with Gasteiger partial charge >= 0.3 is 6.36 Å². The molecule has 0 aliphatic heterocycles. The molecule has 4 rings (SSSR count). The quantitative estimate of drug-likeness (QED) is 0.341. The maximum absolute atomic E-state index is 14.3. The average molecular weight is 355 g/mol. The maximum atomic E-state index is 14.3. The summed E-state index contributed by atoms with van der Waals surface area (Å²) in [6.07, 6.45) is -3.39. The molecule has 0 aliphatic carbocycles. The summed E-state index contributed by atoms with van der Waals surface area (Å²) in [5.74, 6) is -0.908. The first-order valence-corrected chi connectivity index (χ1v) is 7.15. The Hall–Kier alpha value is -2.54. The van der Waals surface area contributed by atoms with Crippen LogP contribution >= 0.6 is 11.6 Å². The predicted molar refractivity (Wildman–Crippen MR) is 81.9 cm³/mol. The molecule has 0 saturated heterocycles. The van der Waals surface area contributed by atoms with Gasteiger partial charge in [-0.1, -0.05) is 12.1 Å². The second-order valence-electron chi connectivity index (χ2n) is 5.14. The maximum Gasteiger partial charge on any atom is 0.573 e. The van der Waals surface area contributed by atoms with Gasteiger partial charge in [0.2, 0.25) is 5.28 Å². The van der Waals surface area contributed by atoms with Crippen molar-refractivity contribution in [2.24, 2.45) is 0 Å². The van der Waals surface area contributed by atoms with Crippen molar-refractivity contribution in [2.75, 3.05) is 0 Å². The molecule has 0 saturated carbocycles. The first kappa shape index (κ1) is 15.0. The SMILES string of the molecule is Fc1cccc2c3cc(OC(F)(F)F)ccc3n3c(Cl)ncc3c12. The summed E-state index contributed by atoms with van der Waals surface area (Å²) in [6, 6.07) is 8.20. The zero-order valence-electron chi connectivity index (χ0n) is 11.7. The lowest BCUT2D eigenvalue weighted by Crippen LogP contribution is -2.17. The minimum absolute atomic E-state index is 0.0876. The minimum atomic E-state index is -4.81. The summed E-state index contributed by atoms with van der Waals surface area (Å²) in [6.45, 7) is 0. The van der Waals surface area contributed by atoms with E-state index < -0.39 is 17.9 Å². The fraction of sp³-hybridized carbons (Fsp3) is 0.0625. The zero-order chi connectivity index (χ0) is 17.1. The van der Waals surface area contributed by atoms with Crippen molar-refractivity contribution in [3.63, 3.8) is 0 Å². The van der Waals surface area contributed by atoms with E-state index in [2.05, 4.69) is 9.72 Å². The third kappa shape index (κ3) is 2.24. The van der Waals surface area contributed by atoms with Gasteiger partial charge in [0.15, 0.2) is 0 Å². The van der Waals surface area contributed by atoms with Crippen molar-refractivity contribution in [3.8, 4) is 5.75 Å². The van der Waals surface area contributed by atoms with Gasteiger partial charge in [-0.25, -0.2) is 9.37 Å². The summed E-state index contributed by atoms with van der Waals surface area (Å²) in [5, 5.41) is 1.14. The van der Waals surface area contributed by atoms with Gasteiger partial charge in [0, 0.05) is 10.8 Å². The molecule has 122 valence electrons. The van der Waals surface area contributed by atoms with Gasteiger partial charge in [0.05, 0.1) is 17.2 Å².